The van der Waals surface area contributed by atoms with Gasteiger partial charge < -0.3 is 31.5 Å². The van der Waals surface area contributed by atoms with E-state index in [0.29, 0.717) is 58.2 Å². The summed E-state index contributed by atoms with van der Waals surface area (Å²) < 4.78 is 0. The van der Waals surface area contributed by atoms with Gasteiger partial charge >= 0.3 is 17.9 Å². The second-order valence-electron chi connectivity index (χ2n) is 10.3. The highest BCUT2D eigenvalue weighted by molar-refractivity contribution is 6.38. The van der Waals surface area contributed by atoms with Gasteiger partial charge in [-0.3, -0.25) is 4.79 Å². The Morgan fingerprint density at radius 3 is 1.98 bits per heavy atom. The molecule has 41 heavy (non-hydrogen) atoms. The quantitative estimate of drug-likeness (QED) is 0.128. The molecule has 0 heterocycles. The van der Waals surface area contributed by atoms with Gasteiger partial charge in [0.15, 0.2) is 0 Å². The first kappa shape index (κ1) is 34.1. The summed E-state index contributed by atoms with van der Waals surface area (Å²) in [7, 11) is 0. The molecule has 0 saturated heterocycles. The van der Waals surface area contributed by atoms with E-state index in [1.54, 1.807) is 12.1 Å². The summed E-state index contributed by atoms with van der Waals surface area (Å²) in [6.07, 6.45) is 6.96. The van der Waals surface area contributed by atoms with Gasteiger partial charge in [-0.15, -0.1) is 0 Å². The van der Waals surface area contributed by atoms with Crippen molar-refractivity contribution in [2.24, 2.45) is 17.8 Å². The highest BCUT2D eigenvalue weighted by Crippen LogP contribution is 2.34. The Balaban J connectivity index is 0.000000642. The number of nitrogens with two attached hydrogens (primary N) is 1. The van der Waals surface area contributed by atoms with E-state index in [0.717, 1.165) is 45.1 Å². The standard InChI is InChI=1S/C26H34Cl2N2O3.C4H4O4/c27-22-13-21(14-23(28)25(22)29)24(31)16-30-15-19-8-6-18(7-9-19)12-20(26(32)33)11-10-17-4-2-1-3-5-17;5-3(6)1-2-4(7)8/h1-5,13-14,18-20,24,30-31H,6-12,15-16,29H2,(H,32,33);1-2H,(H,5,6)(H,7,8)/t18-,19-,20?,24?;. The summed E-state index contributed by atoms with van der Waals surface area (Å²) in [5.41, 5.74) is 7.92. The second-order valence-corrected chi connectivity index (χ2v) is 11.1. The summed E-state index contributed by atoms with van der Waals surface area (Å²) in [5.74, 6) is -2.45. The summed E-state index contributed by atoms with van der Waals surface area (Å²) in [6, 6.07) is 13.4. The molecule has 0 aromatic heterocycles. The fourth-order valence-electron chi connectivity index (χ4n) is 4.88. The zero-order valence-electron chi connectivity index (χ0n) is 22.7. The fourth-order valence-corrected chi connectivity index (χ4v) is 5.39. The zero-order chi connectivity index (χ0) is 30.4. The molecule has 1 fully saturated rings. The summed E-state index contributed by atoms with van der Waals surface area (Å²) in [5, 5.41) is 39.8. The van der Waals surface area contributed by atoms with E-state index >= 15 is 0 Å². The minimum atomic E-state index is -1.26. The molecule has 9 nitrogen and oxygen atoms in total. The van der Waals surface area contributed by atoms with Crippen molar-refractivity contribution in [3.05, 3.63) is 75.8 Å². The second kappa shape index (κ2) is 17.6. The highest BCUT2D eigenvalue weighted by Gasteiger charge is 2.27. The molecule has 2 atom stereocenters. The number of hydrogen-bond acceptors (Lipinski definition) is 6. The van der Waals surface area contributed by atoms with Crippen LogP contribution in [0.5, 0.6) is 0 Å². The van der Waals surface area contributed by atoms with Crippen LogP contribution in [0, 0.1) is 17.8 Å². The minimum absolute atomic E-state index is 0.279. The van der Waals surface area contributed by atoms with Crippen LogP contribution < -0.4 is 11.1 Å². The van der Waals surface area contributed by atoms with Crippen LogP contribution in [0.25, 0.3) is 0 Å². The number of carbonyl (C=O) groups is 3. The Labute approximate surface area is 250 Å². The predicted molar refractivity (Wildman–Crippen MR) is 159 cm³/mol. The van der Waals surface area contributed by atoms with Gasteiger partial charge in [-0.1, -0.05) is 66.4 Å². The monoisotopic (exact) mass is 608 g/mol. The fraction of sp³-hybridized carbons (Fsp3) is 0.433. The van der Waals surface area contributed by atoms with Gasteiger partial charge in [0.25, 0.3) is 0 Å². The number of benzene rings is 2. The van der Waals surface area contributed by atoms with E-state index in [9.17, 15) is 24.6 Å². The third-order valence-corrected chi connectivity index (χ3v) is 7.81. The molecule has 11 heteroatoms. The molecule has 2 aromatic rings. The van der Waals surface area contributed by atoms with Crippen molar-refractivity contribution in [3.8, 4) is 0 Å². The molecule has 1 aliphatic rings. The van der Waals surface area contributed by atoms with Gasteiger partial charge in [0, 0.05) is 18.7 Å². The Morgan fingerprint density at radius 2 is 1.46 bits per heavy atom. The van der Waals surface area contributed by atoms with E-state index in [1.807, 2.05) is 18.2 Å². The van der Waals surface area contributed by atoms with Gasteiger partial charge in [0.05, 0.1) is 27.8 Å². The molecular weight excluding hydrogens is 571 g/mol. The lowest BCUT2D eigenvalue weighted by Gasteiger charge is -2.30. The summed E-state index contributed by atoms with van der Waals surface area (Å²) >= 11 is 12.1. The molecule has 2 unspecified atom stereocenters. The SMILES string of the molecule is Nc1c(Cl)cc(C(O)CNC[C@H]2CC[C@H](CC(CCc3ccccc3)C(=O)O)CC2)cc1Cl.O=C(O)C=CC(=O)O. The van der Waals surface area contributed by atoms with Gasteiger partial charge in [0.1, 0.15) is 0 Å². The van der Waals surface area contributed by atoms with E-state index in [2.05, 4.69) is 17.4 Å². The van der Waals surface area contributed by atoms with Crippen molar-refractivity contribution >= 4 is 46.8 Å². The zero-order valence-corrected chi connectivity index (χ0v) is 24.2. The van der Waals surface area contributed by atoms with Crippen LogP contribution in [0.3, 0.4) is 0 Å². The number of rotatable bonds is 13. The maximum Gasteiger partial charge on any atom is 0.328 e. The van der Waals surface area contributed by atoms with Crippen LogP contribution in [-0.4, -0.2) is 51.4 Å². The molecule has 0 bridgehead atoms. The van der Waals surface area contributed by atoms with Crippen molar-refractivity contribution in [1.82, 2.24) is 5.32 Å². The molecule has 0 aliphatic heterocycles. The number of anilines is 1. The number of aryl methyl sites for hydroxylation is 1. The Hall–Kier alpha value is -3.11. The average Bonchev–Trinajstić information content (AvgIpc) is 2.94. The molecule has 3 rings (SSSR count). The van der Waals surface area contributed by atoms with E-state index in [-0.39, 0.29) is 5.92 Å². The molecule has 0 radical (unpaired) electrons. The molecule has 1 saturated carbocycles. The number of aliphatic hydroxyl groups is 1. The largest absolute Gasteiger partial charge is 0.481 e. The normalized spacial score (nSPS) is 18.2. The molecule has 1 aliphatic carbocycles. The number of carboxylic acid groups (broad SMARTS) is 3. The minimum Gasteiger partial charge on any atom is -0.481 e. The number of carboxylic acids is 3. The lowest BCUT2D eigenvalue weighted by molar-refractivity contribution is -0.142. The lowest BCUT2D eigenvalue weighted by Crippen LogP contribution is -2.30. The number of aliphatic hydroxyl groups excluding tert-OH is 1. The molecular formula is C30H38Cl2N2O7. The molecule has 0 spiro atoms. The van der Waals surface area contributed by atoms with E-state index in [4.69, 9.17) is 39.1 Å². The Kier molecular flexibility index (Phi) is 14.7. The van der Waals surface area contributed by atoms with E-state index < -0.39 is 24.0 Å². The first-order chi connectivity index (χ1) is 19.5. The van der Waals surface area contributed by atoms with Crippen molar-refractivity contribution in [2.75, 3.05) is 18.8 Å². The van der Waals surface area contributed by atoms with Crippen molar-refractivity contribution in [3.63, 3.8) is 0 Å². The third kappa shape index (κ3) is 12.9. The van der Waals surface area contributed by atoms with Crippen LogP contribution in [0.2, 0.25) is 10.0 Å². The average molecular weight is 610 g/mol. The number of aliphatic carboxylic acids is 3. The number of nitrogen functional groups attached to an aromatic ring is 1. The smallest absolute Gasteiger partial charge is 0.328 e. The van der Waals surface area contributed by atoms with Gasteiger partial charge in [0.2, 0.25) is 0 Å². The van der Waals surface area contributed by atoms with Gasteiger partial charge in [-0.05, 0) is 73.7 Å². The lowest BCUT2D eigenvalue weighted by atomic mass is 9.77. The molecule has 224 valence electrons. The van der Waals surface area contributed by atoms with Crippen molar-refractivity contribution in [1.29, 1.82) is 0 Å². The van der Waals surface area contributed by atoms with Crippen LogP contribution in [0.15, 0.2) is 54.6 Å². The molecule has 7 N–H and O–H groups in total. The summed E-state index contributed by atoms with van der Waals surface area (Å²) in [6.45, 7) is 1.24. The van der Waals surface area contributed by atoms with Crippen molar-refractivity contribution < 1.29 is 34.8 Å². The van der Waals surface area contributed by atoms with Crippen LogP contribution in [0.4, 0.5) is 5.69 Å². The third-order valence-electron chi connectivity index (χ3n) is 7.18. The summed E-state index contributed by atoms with van der Waals surface area (Å²) in [4.78, 5) is 30.9. The van der Waals surface area contributed by atoms with Crippen LogP contribution in [-0.2, 0) is 20.8 Å². The maximum absolute atomic E-state index is 11.8. The first-order valence-corrected chi connectivity index (χ1v) is 14.3. The molecule has 2 aromatic carbocycles. The number of hydrogen-bond donors (Lipinski definition) is 6. The van der Waals surface area contributed by atoms with Crippen LogP contribution >= 0.6 is 23.2 Å². The van der Waals surface area contributed by atoms with Gasteiger partial charge in [-0.25, -0.2) is 9.59 Å². The predicted octanol–water partition coefficient (Wildman–Crippen LogP) is 5.44. The molecule has 0 amide bonds. The first-order valence-electron chi connectivity index (χ1n) is 13.5. The Morgan fingerprint density at radius 1 is 0.927 bits per heavy atom. The Bertz CT molecular complexity index is 1130. The topological polar surface area (TPSA) is 170 Å². The highest BCUT2D eigenvalue weighted by atomic mass is 35.5. The van der Waals surface area contributed by atoms with Crippen molar-refractivity contribution in [2.45, 2.75) is 51.0 Å². The number of halogens is 2. The van der Waals surface area contributed by atoms with Gasteiger partial charge in [-0.2, -0.15) is 0 Å². The van der Waals surface area contributed by atoms with Crippen LogP contribution in [0.1, 0.15) is 55.8 Å². The van der Waals surface area contributed by atoms with E-state index in [1.165, 1.54) is 5.56 Å². The number of nitrogens with one attached hydrogen (secondary N) is 1. The maximum atomic E-state index is 11.8.